The Hall–Kier alpha value is -0.810. The maximum Gasteiger partial charge on any atom is 0.408 e. The first-order valence-electron chi connectivity index (χ1n) is 7.51. The lowest BCUT2D eigenvalue weighted by Crippen LogP contribution is -2.52. The summed E-state index contributed by atoms with van der Waals surface area (Å²) < 4.78 is 5.28. The molecular formula is C15H30N2O3. The molecule has 0 aliphatic heterocycles. The predicted molar refractivity (Wildman–Crippen MR) is 79.7 cm³/mol. The molecule has 1 saturated carbocycles. The fourth-order valence-electron chi connectivity index (χ4n) is 2.72. The number of alkyl carbamates (subject to hydrolysis) is 1. The Balaban J connectivity index is 2.61. The lowest BCUT2D eigenvalue weighted by Gasteiger charge is -2.31. The molecule has 0 saturated heterocycles. The Kier molecular flexibility index (Phi) is 6.27. The van der Waals surface area contributed by atoms with Crippen LogP contribution >= 0.6 is 0 Å². The number of nitrogens with zero attached hydrogens (tertiary/aromatic N) is 1. The topological polar surface area (TPSA) is 61.8 Å². The Morgan fingerprint density at radius 3 is 2.35 bits per heavy atom. The van der Waals surface area contributed by atoms with Gasteiger partial charge in [0.05, 0.1) is 12.1 Å². The van der Waals surface area contributed by atoms with Crippen molar-refractivity contribution in [2.75, 3.05) is 20.6 Å². The smallest absolute Gasteiger partial charge is 0.408 e. The highest BCUT2D eigenvalue weighted by Crippen LogP contribution is 2.29. The van der Waals surface area contributed by atoms with Crippen LogP contribution in [0.3, 0.4) is 0 Å². The van der Waals surface area contributed by atoms with Crippen LogP contribution in [0.25, 0.3) is 0 Å². The number of carbonyl (C=O) groups is 1. The molecule has 118 valence electrons. The predicted octanol–water partition coefficient (Wildman–Crippen LogP) is 1.99. The van der Waals surface area contributed by atoms with Gasteiger partial charge in [-0.3, -0.25) is 0 Å². The number of aliphatic hydroxyl groups excluding tert-OH is 1. The molecule has 0 heterocycles. The van der Waals surface area contributed by atoms with Crippen LogP contribution < -0.4 is 5.32 Å². The molecule has 0 aromatic rings. The molecule has 1 fully saturated rings. The SMILES string of the molecule is CN(C)CC(NC(=O)OC(C)(C)C)[C@H](O)C1CCCC1. The van der Waals surface area contributed by atoms with Gasteiger partial charge in [-0.25, -0.2) is 4.79 Å². The summed E-state index contributed by atoms with van der Waals surface area (Å²) in [6.07, 6.45) is 3.46. The number of aliphatic hydroxyl groups is 1. The molecule has 1 rings (SSSR count). The summed E-state index contributed by atoms with van der Waals surface area (Å²) in [5.41, 5.74) is -0.523. The van der Waals surface area contributed by atoms with Crippen LogP contribution in [0.2, 0.25) is 0 Å². The van der Waals surface area contributed by atoms with Crippen LogP contribution in [0, 0.1) is 5.92 Å². The Bertz CT molecular complexity index is 307. The second-order valence-corrected chi connectivity index (χ2v) is 7.05. The molecular weight excluding hydrogens is 256 g/mol. The molecule has 1 unspecified atom stereocenters. The van der Waals surface area contributed by atoms with Gasteiger partial charge in [-0.15, -0.1) is 0 Å². The van der Waals surface area contributed by atoms with Gasteiger partial charge >= 0.3 is 6.09 Å². The first kappa shape index (κ1) is 17.2. The third-order valence-electron chi connectivity index (χ3n) is 3.56. The molecule has 5 heteroatoms. The second kappa shape index (κ2) is 7.27. The largest absolute Gasteiger partial charge is 0.444 e. The Labute approximate surface area is 122 Å². The summed E-state index contributed by atoms with van der Waals surface area (Å²) in [5, 5.41) is 13.3. The van der Waals surface area contributed by atoms with E-state index in [1.807, 2.05) is 39.8 Å². The van der Waals surface area contributed by atoms with E-state index in [2.05, 4.69) is 5.32 Å². The van der Waals surface area contributed by atoms with Gasteiger partial charge in [-0.2, -0.15) is 0 Å². The number of amides is 1. The van der Waals surface area contributed by atoms with Gasteiger partial charge in [0.1, 0.15) is 5.60 Å². The van der Waals surface area contributed by atoms with Gasteiger partial charge in [-0.05, 0) is 53.6 Å². The third kappa shape index (κ3) is 6.09. The van der Waals surface area contributed by atoms with E-state index in [4.69, 9.17) is 4.74 Å². The highest BCUT2D eigenvalue weighted by atomic mass is 16.6. The zero-order valence-electron chi connectivity index (χ0n) is 13.5. The van der Waals surface area contributed by atoms with Crippen LogP contribution in [0.1, 0.15) is 46.5 Å². The van der Waals surface area contributed by atoms with Crippen LogP contribution in [0.4, 0.5) is 4.79 Å². The summed E-state index contributed by atoms with van der Waals surface area (Å²) in [6.45, 7) is 6.11. The van der Waals surface area contributed by atoms with Crippen LogP contribution in [0.15, 0.2) is 0 Å². The van der Waals surface area contributed by atoms with Crippen LogP contribution in [-0.2, 0) is 4.74 Å². The Morgan fingerprint density at radius 2 is 1.90 bits per heavy atom. The first-order chi connectivity index (χ1) is 9.19. The van der Waals surface area contributed by atoms with Gasteiger partial charge < -0.3 is 20.1 Å². The van der Waals surface area contributed by atoms with Crippen molar-refractivity contribution >= 4 is 6.09 Å². The molecule has 1 aliphatic carbocycles. The first-order valence-corrected chi connectivity index (χ1v) is 7.51. The van der Waals surface area contributed by atoms with Crippen molar-refractivity contribution in [3.05, 3.63) is 0 Å². The molecule has 2 N–H and O–H groups in total. The van der Waals surface area contributed by atoms with Crippen LogP contribution in [0.5, 0.6) is 0 Å². The van der Waals surface area contributed by atoms with Crippen molar-refractivity contribution in [1.82, 2.24) is 10.2 Å². The molecule has 1 amide bonds. The molecule has 1 aliphatic rings. The van der Waals surface area contributed by atoms with Crippen LogP contribution in [-0.4, -0.2) is 54.5 Å². The molecule has 0 spiro atoms. The number of hydrogen-bond acceptors (Lipinski definition) is 4. The van der Waals surface area contributed by atoms with Crippen molar-refractivity contribution in [3.8, 4) is 0 Å². The molecule has 0 aromatic heterocycles. The van der Waals surface area contributed by atoms with E-state index in [1.54, 1.807) is 0 Å². The van der Waals surface area contributed by atoms with E-state index in [0.717, 1.165) is 12.8 Å². The van der Waals surface area contributed by atoms with Crippen molar-refractivity contribution in [1.29, 1.82) is 0 Å². The van der Waals surface area contributed by atoms with Crippen molar-refractivity contribution in [3.63, 3.8) is 0 Å². The van der Waals surface area contributed by atoms with Crippen molar-refractivity contribution in [2.45, 2.75) is 64.2 Å². The monoisotopic (exact) mass is 286 g/mol. The molecule has 5 nitrogen and oxygen atoms in total. The normalized spacial score (nSPS) is 19.9. The number of hydrogen-bond donors (Lipinski definition) is 2. The minimum atomic E-state index is -0.523. The average molecular weight is 286 g/mol. The summed E-state index contributed by atoms with van der Waals surface area (Å²) in [4.78, 5) is 13.9. The summed E-state index contributed by atoms with van der Waals surface area (Å²) in [5.74, 6) is 0.287. The van der Waals surface area contributed by atoms with E-state index in [1.165, 1.54) is 12.8 Å². The molecule has 0 radical (unpaired) electrons. The van der Waals surface area contributed by atoms with Gasteiger partial charge in [0.2, 0.25) is 0 Å². The molecule has 0 aromatic carbocycles. The van der Waals surface area contributed by atoms with Gasteiger partial charge in [0.25, 0.3) is 0 Å². The highest BCUT2D eigenvalue weighted by Gasteiger charge is 2.32. The van der Waals surface area contributed by atoms with Crippen molar-refractivity contribution < 1.29 is 14.6 Å². The quantitative estimate of drug-likeness (QED) is 0.811. The number of carbonyl (C=O) groups excluding carboxylic acids is 1. The number of likely N-dealkylation sites (N-methyl/N-ethyl adjacent to an activating group) is 1. The van der Waals surface area contributed by atoms with E-state index in [0.29, 0.717) is 6.54 Å². The summed E-state index contributed by atoms with van der Waals surface area (Å²) >= 11 is 0. The van der Waals surface area contributed by atoms with Crippen molar-refractivity contribution in [2.24, 2.45) is 5.92 Å². The standard InChI is InChI=1S/C15H30N2O3/c1-15(2,3)20-14(19)16-12(10-17(4)5)13(18)11-8-6-7-9-11/h11-13,18H,6-10H2,1-5H3,(H,16,19)/t12?,13-/m1/s1. The number of nitrogens with one attached hydrogen (secondary N) is 1. The third-order valence-corrected chi connectivity index (χ3v) is 3.56. The molecule has 0 bridgehead atoms. The van der Waals surface area contributed by atoms with E-state index in [9.17, 15) is 9.90 Å². The second-order valence-electron chi connectivity index (χ2n) is 7.05. The van der Waals surface area contributed by atoms with E-state index in [-0.39, 0.29) is 12.0 Å². The molecule has 2 atom stereocenters. The summed E-state index contributed by atoms with van der Waals surface area (Å²) in [6, 6.07) is -0.289. The lowest BCUT2D eigenvalue weighted by atomic mass is 9.94. The van der Waals surface area contributed by atoms with E-state index >= 15 is 0 Å². The summed E-state index contributed by atoms with van der Waals surface area (Å²) in [7, 11) is 3.87. The van der Waals surface area contributed by atoms with Gasteiger partial charge in [-0.1, -0.05) is 12.8 Å². The van der Waals surface area contributed by atoms with Gasteiger partial charge in [0.15, 0.2) is 0 Å². The zero-order valence-corrected chi connectivity index (χ0v) is 13.5. The minimum absolute atomic E-state index is 0.287. The highest BCUT2D eigenvalue weighted by molar-refractivity contribution is 5.68. The zero-order chi connectivity index (χ0) is 15.3. The maximum atomic E-state index is 11.9. The fraction of sp³-hybridized carbons (Fsp3) is 0.933. The lowest BCUT2D eigenvalue weighted by molar-refractivity contribution is 0.0286. The maximum absolute atomic E-state index is 11.9. The Morgan fingerprint density at radius 1 is 1.35 bits per heavy atom. The van der Waals surface area contributed by atoms with E-state index < -0.39 is 17.8 Å². The number of rotatable bonds is 5. The van der Waals surface area contributed by atoms with Gasteiger partial charge in [0, 0.05) is 6.54 Å². The minimum Gasteiger partial charge on any atom is -0.444 e. The number of ether oxygens (including phenoxy) is 1. The average Bonchev–Trinajstić information content (AvgIpc) is 2.76. The fourth-order valence-corrected chi connectivity index (χ4v) is 2.72. The molecule has 20 heavy (non-hydrogen) atoms.